The number of amides is 1. The van der Waals surface area contributed by atoms with Gasteiger partial charge in [-0.2, -0.15) is 0 Å². The van der Waals surface area contributed by atoms with Crippen LogP contribution in [0.2, 0.25) is 5.02 Å². The Bertz CT molecular complexity index is 960. The molecule has 1 amide bonds. The minimum absolute atomic E-state index is 0.178. The van der Waals surface area contributed by atoms with Gasteiger partial charge in [0.05, 0.1) is 0 Å². The molecule has 0 aliphatic carbocycles. The van der Waals surface area contributed by atoms with E-state index in [2.05, 4.69) is 5.32 Å². The summed E-state index contributed by atoms with van der Waals surface area (Å²) >= 11 is 5.97. The van der Waals surface area contributed by atoms with E-state index >= 15 is 0 Å². The van der Waals surface area contributed by atoms with Crippen LogP contribution < -0.4 is 11.1 Å². The minimum Gasteiger partial charge on any atom is -0.368 e. The molecule has 150 valence electrons. The van der Waals surface area contributed by atoms with Gasteiger partial charge < -0.3 is 5.73 Å². The summed E-state index contributed by atoms with van der Waals surface area (Å²) in [5, 5.41) is 4.08. The zero-order chi connectivity index (χ0) is 20.8. The lowest BCUT2D eigenvalue weighted by atomic mass is 9.95. The molecule has 0 aromatic heterocycles. The van der Waals surface area contributed by atoms with Crippen LogP contribution in [0.1, 0.15) is 40.8 Å². The van der Waals surface area contributed by atoms with Gasteiger partial charge in [0.25, 0.3) is 0 Å². The molecule has 0 heterocycles. The van der Waals surface area contributed by atoms with E-state index in [0.717, 1.165) is 23.1 Å². The van der Waals surface area contributed by atoms with Crippen LogP contribution in [0.5, 0.6) is 0 Å². The summed E-state index contributed by atoms with van der Waals surface area (Å²) in [6.45, 7) is 1.73. The highest BCUT2D eigenvalue weighted by Gasteiger charge is 2.23. The molecule has 0 saturated heterocycles. The molecule has 2 atom stereocenters. The lowest BCUT2D eigenvalue weighted by Gasteiger charge is -2.25. The number of benzene rings is 3. The summed E-state index contributed by atoms with van der Waals surface area (Å²) in [4.78, 5) is 12.2. The van der Waals surface area contributed by atoms with Crippen LogP contribution in [0, 0.1) is 12.7 Å². The molecule has 0 bridgehead atoms. The number of nitrogens with two attached hydrogens (primary N) is 1. The van der Waals surface area contributed by atoms with E-state index in [0.29, 0.717) is 17.0 Å². The number of primary amides is 1. The molecule has 0 spiro atoms. The molecular weight excluding hydrogens is 387 g/mol. The van der Waals surface area contributed by atoms with Crippen molar-refractivity contribution in [3.63, 3.8) is 0 Å². The van der Waals surface area contributed by atoms with Gasteiger partial charge in [-0.1, -0.05) is 66.2 Å². The third-order valence-corrected chi connectivity index (χ3v) is 5.26. The highest BCUT2D eigenvalue weighted by atomic mass is 35.5. The van der Waals surface area contributed by atoms with Crippen molar-refractivity contribution < 1.29 is 9.18 Å². The lowest BCUT2D eigenvalue weighted by molar-refractivity contribution is -0.120. The summed E-state index contributed by atoms with van der Waals surface area (Å²) in [5.74, 6) is -0.703. The molecular formula is C24H24ClFN2O. The third-order valence-electron chi connectivity index (χ3n) is 5.00. The fourth-order valence-electron chi connectivity index (χ4n) is 3.38. The van der Waals surface area contributed by atoms with Crippen molar-refractivity contribution in [3.05, 3.63) is 106 Å². The molecule has 5 heteroatoms. The van der Waals surface area contributed by atoms with Gasteiger partial charge in [0.15, 0.2) is 0 Å². The molecule has 3 aromatic rings. The van der Waals surface area contributed by atoms with Crippen LogP contribution in [0.3, 0.4) is 0 Å². The zero-order valence-corrected chi connectivity index (χ0v) is 17.0. The largest absolute Gasteiger partial charge is 0.368 e. The van der Waals surface area contributed by atoms with Crippen molar-refractivity contribution >= 4 is 17.5 Å². The van der Waals surface area contributed by atoms with E-state index in [1.807, 2.05) is 60.7 Å². The Hall–Kier alpha value is -2.69. The van der Waals surface area contributed by atoms with E-state index in [4.69, 9.17) is 17.3 Å². The maximum absolute atomic E-state index is 13.8. The van der Waals surface area contributed by atoms with Gasteiger partial charge >= 0.3 is 0 Å². The smallest absolute Gasteiger partial charge is 0.239 e. The fraction of sp³-hybridized carbons (Fsp3) is 0.208. The van der Waals surface area contributed by atoms with Crippen molar-refractivity contribution in [3.8, 4) is 0 Å². The first kappa shape index (κ1) is 21.0. The van der Waals surface area contributed by atoms with Crippen molar-refractivity contribution in [2.45, 2.75) is 31.8 Å². The van der Waals surface area contributed by atoms with Crippen molar-refractivity contribution in [1.29, 1.82) is 0 Å². The van der Waals surface area contributed by atoms with Crippen LogP contribution in [0.15, 0.2) is 72.8 Å². The fourth-order valence-corrected chi connectivity index (χ4v) is 3.51. The van der Waals surface area contributed by atoms with Crippen LogP contribution >= 0.6 is 11.6 Å². The van der Waals surface area contributed by atoms with E-state index in [1.54, 1.807) is 13.0 Å². The Morgan fingerprint density at radius 1 is 1.03 bits per heavy atom. The Kier molecular flexibility index (Phi) is 7.02. The summed E-state index contributed by atoms with van der Waals surface area (Å²) in [6.07, 6.45) is 1.48. The number of aryl methyl sites for hydroxylation is 2. The van der Waals surface area contributed by atoms with Crippen LogP contribution in [-0.4, -0.2) is 5.91 Å². The SMILES string of the molecule is Cc1cc([C@H](CCc2ccc(Cl)cc2)N[C@H](C(N)=O)c2ccccc2)ccc1F. The molecule has 0 saturated carbocycles. The Morgan fingerprint density at radius 2 is 1.72 bits per heavy atom. The number of nitrogens with one attached hydrogen (secondary N) is 1. The molecule has 0 unspecified atom stereocenters. The van der Waals surface area contributed by atoms with Crippen LogP contribution in [-0.2, 0) is 11.2 Å². The van der Waals surface area contributed by atoms with Gasteiger partial charge in [0.2, 0.25) is 5.91 Å². The van der Waals surface area contributed by atoms with Crippen LogP contribution in [0.25, 0.3) is 0 Å². The predicted octanol–water partition coefficient (Wildman–Crippen LogP) is 5.28. The molecule has 29 heavy (non-hydrogen) atoms. The first-order chi connectivity index (χ1) is 13.9. The maximum atomic E-state index is 13.8. The predicted molar refractivity (Wildman–Crippen MR) is 115 cm³/mol. The number of carbonyl (C=O) groups excluding carboxylic acids is 1. The summed E-state index contributed by atoms with van der Waals surface area (Å²) in [7, 11) is 0. The van der Waals surface area contributed by atoms with Crippen molar-refractivity contribution in [2.24, 2.45) is 5.73 Å². The Morgan fingerprint density at radius 3 is 2.34 bits per heavy atom. The molecule has 3 nitrogen and oxygen atoms in total. The number of hydrogen-bond donors (Lipinski definition) is 2. The van der Waals surface area contributed by atoms with E-state index in [-0.39, 0.29) is 11.9 Å². The number of rotatable bonds is 8. The Labute approximate surface area is 175 Å². The van der Waals surface area contributed by atoms with Crippen LogP contribution in [0.4, 0.5) is 4.39 Å². The molecule has 0 aliphatic heterocycles. The van der Waals surface area contributed by atoms with Gasteiger partial charge in [0.1, 0.15) is 11.9 Å². The van der Waals surface area contributed by atoms with Gasteiger partial charge in [-0.25, -0.2) is 4.39 Å². The standard InChI is InChI=1S/C24H24ClFN2O/c1-16-15-19(10-13-21(16)26)22(14-9-17-7-11-20(25)12-8-17)28-23(24(27)29)18-5-3-2-4-6-18/h2-8,10-13,15,22-23,28H,9,14H2,1H3,(H2,27,29)/t22-,23-/m0/s1. The number of halogens is 2. The second-order valence-corrected chi connectivity index (χ2v) is 7.58. The molecule has 0 radical (unpaired) electrons. The summed E-state index contributed by atoms with van der Waals surface area (Å²) in [5.41, 5.74) is 9.12. The highest BCUT2D eigenvalue weighted by molar-refractivity contribution is 6.30. The van der Waals surface area contributed by atoms with Gasteiger partial charge in [-0.05, 0) is 60.2 Å². The van der Waals surface area contributed by atoms with Crippen molar-refractivity contribution in [2.75, 3.05) is 0 Å². The molecule has 0 fully saturated rings. The second kappa shape index (κ2) is 9.68. The molecule has 3 rings (SSSR count). The molecule has 3 N–H and O–H groups in total. The zero-order valence-electron chi connectivity index (χ0n) is 16.2. The average molecular weight is 411 g/mol. The van der Waals surface area contributed by atoms with E-state index < -0.39 is 11.9 Å². The quantitative estimate of drug-likeness (QED) is 0.531. The molecule has 3 aromatic carbocycles. The average Bonchev–Trinajstić information content (AvgIpc) is 2.72. The van der Waals surface area contributed by atoms with Gasteiger partial charge in [-0.3, -0.25) is 10.1 Å². The summed E-state index contributed by atoms with van der Waals surface area (Å²) < 4.78 is 13.8. The minimum atomic E-state index is -0.642. The summed E-state index contributed by atoms with van der Waals surface area (Å²) in [6, 6.07) is 21.3. The topological polar surface area (TPSA) is 55.1 Å². The van der Waals surface area contributed by atoms with Gasteiger partial charge in [0, 0.05) is 11.1 Å². The van der Waals surface area contributed by atoms with Crippen molar-refractivity contribution in [1.82, 2.24) is 5.32 Å². The second-order valence-electron chi connectivity index (χ2n) is 7.14. The lowest BCUT2D eigenvalue weighted by Crippen LogP contribution is -2.36. The third kappa shape index (κ3) is 5.66. The maximum Gasteiger partial charge on any atom is 0.239 e. The number of hydrogen-bond acceptors (Lipinski definition) is 2. The Balaban J connectivity index is 1.87. The van der Waals surface area contributed by atoms with Gasteiger partial charge in [-0.15, -0.1) is 0 Å². The monoisotopic (exact) mass is 410 g/mol. The van der Waals surface area contributed by atoms with E-state index in [1.165, 1.54) is 6.07 Å². The van der Waals surface area contributed by atoms with E-state index in [9.17, 15) is 9.18 Å². The highest BCUT2D eigenvalue weighted by Crippen LogP contribution is 2.26. The first-order valence-corrected chi connectivity index (χ1v) is 9.92. The number of carbonyl (C=O) groups is 1. The normalized spacial score (nSPS) is 13.1. The molecule has 0 aliphatic rings. The first-order valence-electron chi connectivity index (χ1n) is 9.55.